The quantitative estimate of drug-likeness (QED) is 0.868. The number of carbonyl (C=O) groups excluding carboxylic acids is 1. The number of hydrogen-bond acceptors (Lipinski definition) is 4. The number of nitrogens with one attached hydrogen (secondary N) is 1. The minimum atomic E-state index is -4.40. The number of hydrogen-bond donors (Lipinski definition) is 1. The zero-order chi connectivity index (χ0) is 19.4. The standard InChI is InChI=1S/C18H25F3N4O2/c1-24-8-10-25(11-9-24)17(26)23-14-3-5-15(6-4-14)27-16-7-2-13(12-22-16)18(19,20)21/h2,7,12,14-15H,3-6,8-11H2,1H3,(H,23,26). The second-order valence-corrected chi connectivity index (χ2v) is 7.21. The highest BCUT2D eigenvalue weighted by Gasteiger charge is 2.31. The molecule has 0 aromatic carbocycles. The predicted molar refractivity (Wildman–Crippen MR) is 93.5 cm³/mol. The molecule has 1 aromatic rings. The van der Waals surface area contributed by atoms with Gasteiger partial charge >= 0.3 is 12.2 Å². The predicted octanol–water partition coefficient (Wildman–Crippen LogP) is 2.75. The Balaban J connectivity index is 1.42. The zero-order valence-electron chi connectivity index (χ0n) is 15.3. The average Bonchev–Trinajstić information content (AvgIpc) is 2.63. The van der Waals surface area contributed by atoms with Crippen LogP contribution in [0, 0.1) is 0 Å². The number of urea groups is 1. The molecule has 2 heterocycles. The molecular formula is C18H25F3N4O2. The lowest BCUT2D eigenvalue weighted by Gasteiger charge is -2.35. The molecule has 0 atom stereocenters. The number of pyridine rings is 1. The summed E-state index contributed by atoms with van der Waals surface area (Å²) in [6.45, 7) is 3.24. The Hall–Kier alpha value is -2.03. The second-order valence-electron chi connectivity index (χ2n) is 7.21. The molecule has 1 aliphatic heterocycles. The molecule has 2 aliphatic rings. The minimum Gasteiger partial charge on any atom is -0.474 e. The van der Waals surface area contributed by atoms with Crippen LogP contribution >= 0.6 is 0 Å². The summed E-state index contributed by atoms with van der Waals surface area (Å²) < 4.78 is 43.4. The van der Waals surface area contributed by atoms with Crippen molar-refractivity contribution in [2.24, 2.45) is 0 Å². The Morgan fingerprint density at radius 1 is 1.15 bits per heavy atom. The van der Waals surface area contributed by atoms with E-state index in [0.717, 1.165) is 64.1 Å². The first kappa shape index (κ1) is 19.7. The number of ether oxygens (including phenoxy) is 1. The van der Waals surface area contributed by atoms with Crippen LogP contribution in [0.5, 0.6) is 5.88 Å². The van der Waals surface area contributed by atoms with Gasteiger partial charge in [-0.05, 0) is 38.8 Å². The molecule has 0 unspecified atom stereocenters. The molecule has 1 saturated carbocycles. The largest absolute Gasteiger partial charge is 0.474 e. The third kappa shape index (κ3) is 5.47. The van der Waals surface area contributed by atoms with Gasteiger partial charge in [0.2, 0.25) is 5.88 Å². The van der Waals surface area contributed by atoms with Crippen LogP contribution in [0.3, 0.4) is 0 Å². The Bertz CT molecular complexity index is 622. The molecule has 1 N–H and O–H groups in total. The number of rotatable bonds is 3. The molecule has 9 heteroatoms. The van der Waals surface area contributed by atoms with E-state index in [0.29, 0.717) is 0 Å². The van der Waals surface area contributed by atoms with Crippen molar-refractivity contribution < 1.29 is 22.7 Å². The van der Waals surface area contributed by atoms with Gasteiger partial charge in [-0.3, -0.25) is 0 Å². The fraction of sp³-hybridized carbons (Fsp3) is 0.667. The molecule has 27 heavy (non-hydrogen) atoms. The van der Waals surface area contributed by atoms with E-state index in [4.69, 9.17) is 4.74 Å². The van der Waals surface area contributed by atoms with Gasteiger partial charge in [0.1, 0.15) is 6.10 Å². The van der Waals surface area contributed by atoms with Gasteiger partial charge in [-0.2, -0.15) is 13.2 Å². The van der Waals surface area contributed by atoms with Gasteiger partial charge in [0.05, 0.1) is 5.56 Å². The molecule has 0 radical (unpaired) electrons. The number of carbonyl (C=O) groups is 1. The van der Waals surface area contributed by atoms with Crippen LogP contribution < -0.4 is 10.1 Å². The summed E-state index contributed by atoms with van der Waals surface area (Å²) in [5.74, 6) is 0.202. The molecule has 1 saturated heterocycles. The van der Waals surface area contributed by atoms with Crippen molar-refractivity contribution in [2.45, 2.75) is 44.0 Å². The first-order chi connectivity index (χ1) is 12.8. The van der Waals surface area contributed by atoms with Crippen molar-refractivity contribution >= 4 is 6.03 Å². The fourth-order valence-corrected chi connectivity index (χ4v) is 3.39. The third-order valence-electron chi connectivity index (χ3n) is 5.14. The molecule has 2 fully saturated rings. The van der Waals surface area contributed by atoms with Gasteiger partial charge in [-0.15, -0.1) is 0 Å². The molecule has 150 valence electrons. The SMILES string of the molecule is CN1CCN(C(=O)NC2CCC(Oc3ccc(C(F)(F)F)cn3)CC2)CC1. The number of aromatic nitrogens is 1. The van der Waals surface area contributed by atoms with E-state index in [-0.39, 0.29) is 24.1 Å². The van der Waals surface area contributed by atoms with E-state index in [1.807, 2.05) is 11.9 Å². The summed E-state index contributed by atoms with van der Waals surface area (Å²) in [5.41, 5.74) is -0.787. The highest BCUT2D eigenvalue weighted by atomic mass is 19.4. The van der Waals surface area contributed by atoms with Crippen LogP contribution in [-0.2, 0) is 6.18 Å². The van der Waals surface area contributed by atoms with Crippen molar-refractivity contribution in [3.63, 3.8) is 0 Å². The van der Waals surface area contributed by atoms with Gasteiger partial charge in [-0.25, -0.2) is 9.78 Å². The number of halogens is 3. The van der Waals surface area contributed by atoms with Crippen molar-refractivity contribution in [2.75, 3.05) is 33.2 Å². The van der Waals surface area contributed by atoms with Crippen molar-refractivity contribution in [3.8, 4) is 5.88 Å². The lowest BCUT2D eigenvalue weighted by molar-refractivity contribution is -0.137. The molecule has 3 rings (SSSR count). The summed E-state index contributed by atoms with van der Waals surface area (Å²) in [6, 6.07) is 2.32. The van der Waals surface area contributed by atoms with E-state index in [9.17, 15) is 18.0 Å². The van der Waals surface area contributed by atoms with E-state index >= 15 is 0 Å². The van der Waals surface area contributed by atoms with Gasteiger partial charge in [-0.1, -0.05) is 0 Å². The second kappa shape index (κ2) is 8.33. The molecule has 6 nitrogen and oxygen atoms in total. The molecule has 1 aromatic heterocycles. The van der Waals surface area contributed by atoms with Crippen molar-refractivity contribution in [1.82, 2.24) is 20.1 Å². The van der Waals surface area contributed by atoms with Crippen LogP contribution in [0.1, 0.15) is 31.2 Å². The highest BCUT2D eigenvalue weighted by Crippen LogP contribution is 2.30. The molecule has 2 amide bonds. The normalized spacial score (nSPS) is 24.5. The Morgan fingerprint density at radius 3 is 2.37 bits per heavy atom. The Labute approximate surface area is 156 Å². The fourth-order valence-electron chi connectivity index (χ4n) is 3.39. The lowest BCUT2D eigenvalue weighted by Crippen LogP contribution is -2.53. The van der Waals surface area contributed by atoms with Crippen molar-refractivity contribution in [3.05, 3.63) is 23.9 Å². The summed E-state index contributed by atoms with van der Waals surface area (Å²) in [5, 5.41) is 3.08. The number of piperazine rings is 1. The van der Waals surface area contributed by atoms with Gasteiger partial charge < -0.3 is 19.9 Å². The van der Waals surface area contributed by atoms with E-state index < -0.39 is 11.7 Å². The molecule has 0 bridgehead atoms. The van der Waals surface area contributed by atoms with Crippen molar-refractivity contribution in [1.29, 1.82) is 0 Å². The van der Waals surface area contributed by atoms with Gasteiger partial charge in [0.15, 0.2) is 0 Å². The molecule has 0 spiro atoms. The monoisotopic (exact) mass is 386 g/mol. The van der Waals surface area contributed by atoms with Crippen LogP contribution in [-0.4, -0.2) is 66.2 Å². The maximum absolute atomic E-state index is 12.6. The number of alkyl halides is 3. The first-order valence-corrected chi connectivity index (χ1v) is 9.25. The topological polar surface area (TPSA) is 57.7 Å². The maximum Gasteiger partial charge on any atom is 0.417 e. The van der Waals surface area contributed by atoms with Crippen LogP contribution in [0.2, 0.25) is 0 Å². The van der Waals surface area contributed by atoms with E-state index in [1.165, 1.54) is 6.07 Å². The Morgan fingerprint density at radius 2 is 1.81 bits per heavy atom. The highest BCUT2D eigenvalue weighted by molar-refractivity contribution is 5.74. The van der Waals surface area contributed by atoms with Crippen LogP contribution in [0.15, 0.2) is 18.3 Å². The molecular weight excluding hydrogens is 361 g/mol. The number of amides is 2. The first-order valence-electron chi connectivity index (χ1n) is 9.25. The summed E-state index contributed by atoms with van der Waals surface area (Å²) >= 11 is 0. The third-order valence-corrected chi connectivity index (χ3v) is 5.14. The van der Waals surface area contributed by atoms with E-state index in [1.54, 1.807) is 0 Å². The average molecular weight is 386 g/mol. The van der Waals surface area contributed by atoms with Crippen LogP contribution in [0.25, 0.3) is 0 Å². The molecule has 1 aliphatic carbocycles. The maximum atomic E-state index is 12.6. The minimum absolute atomic E-state index is 0.0168. The smallest absolute Gasteiger partial charge is 0.417 e. The summed E-state index contributed by atoms with van der Waals surface area (Å²) in [4.78, 5) is 20.1. The van der Waals surface area contributed by atoms with Gasteiger partial charge in [0.25, 0.3) is 0 Å². The van der Waals surface area contributed by atoms with Crippen LogP contribution in [0.4, 0.5) is 18.0 Å². The lowest BCUT2D eigenvalue weighted by atomic mass is 9.93. The number of nitrogens with zero attached hydrogens (tertiary/aromatic N) is 3. The zero-order valence-corrected chi connectivity index (χ0v) is 15.3. The van der Waals surface area contributed by atoms with E-state index in [2.05, 4.69) is 15.2 Å². The Kier molecular flexibility index (Phi) is 6.08. The van der Waals surface area contributed by atoms with Gasteiger partial charge in [0, 0.05) is 44.5 Å². The number of likely N-dealkylation sites (N-methyl/N-ethyl adjacent to an activating group) is 1. The summed E-state index contributed by atoms with van der Waals surface area (Å²) in [7, 11) is 2.04. The summed E-state index contributed by atoms with van der Waals surface area (Å²) in [6.07, 6.45) is -0.670.